The van der Waals surface area contributed by atoms with Crippen LogP contribution in [0.15, 0.2) is 45.6 Å². The lowest BCUT2D eigenvalue weighted by Crippen LogP contribution is -2.10. The first-order valence-electron chi connectivity index (χ1n) is 5.92. The number of nitrogens with one attached hydrogen (secondary N) is 1. The number of furan rings is 2. The maximum Gasteiger partial charge on any atom is 0.293 e. The number of aromatic nitrogens is 4. The predicted octanol–water partition coefficient (Wildman–Crippen LogP) is 2.29. The quantitative estimate of drug-likeness (QED) is 0.623. The summed E-state index contributed by atoms with van der Waals surface area (Å²) in [6.45, 7) is 0. The van der Waals surface area contributed by atoms with Crippen LogP contribution in [0.2, 0.25) is 0 Å². The van der Waals surface area contributed by atoms with Gasteiger partial charge in [0.2, 0.25) is 15.9 Å². The van der Waals surface area contributed by atoms with Crippen LogP contribution in [0.1, 0.15) is 10.6 Å². The van der Waals surface area contributed by atoms with Crippen molar-refractivity contribution in [2.75, 3.05) is 5.32 Å². The molecule has 0 saturated heterocycles. The fraction of sp³-hybridized carbons (Fsp3) is 0. The maximum atomic E-state index is 11.9. The summed E-state index contributed by atoms with van der Waals surface area (Å²) < 4.78 is 11.8. The fourth-order valence-electron chi connectivity index (χ4n) is 1.79. The van der Waals surface area contributed by atoms with E-state index in [1.807, 2.05) is 0 Å². The van der Waals surface area contributed by atoms with Crippen LogP contribution in [0.4, 0.5) is 5.13 Å². The maximum absolute atomic E-state index is 11.9. The van der Waals surface area contributed by atoms with Gasteiger partial charge in [0.25, 0.3) is 5.91 Å². The fourth-order valence-corrected chi connectivity index (χ4v) is 2.53. The second-order valence-corrected chi connectivity index (χ2v) is 4.99. The van der Waals surface area contributed by atoms with Gasteiger partial charge in [-0.3, -0.25) is 10.1 Å². The molecule has 0 aliphatic carbocycles. The molecule has 0 bridgehead atoms. The minimum absolute atomic E-state index is 0.215. The van der Waals surface area contributed by atoms with Crippen LogP contribution in [0.3, 0.4) is 0 Å². The number of hydrogen-bond donors (Lipinski definition) is 1. The van der Waals surface area contributed by atoms with Crippen molar-refractivity contribution in [3.8, 4) is 11.6 Å². The Kier molecular flexibility index (Phi) is 2.57. The van der Waals surface area contributed by atoms with Gasteiger partial charge >= 0.3 is 0 Å². The molecule has 0 radical (unpaired) electrons. The molecular formula is C12H7N5O3S. The molecule has 1 N–H and O–H groups in total. The van der Waals surface area contributed by atoms with E-state index >= 15 is 0 Å². The van der Waals surface area contributed by atoms with E-state index in [-0.39, 0.29) is 11.7 Å². The number of carbonyl (C=O) groups is 1. The molecule has 0 fully saturated rings. The van der Waals surface area contributed by atoms with Crippen molar-refractivity contribution < 1.29 is 13.6 Å². The third kappa shape index (κ3) is 1.99. The van der Waals surface area contributed by atoms with Crippen molar-refractivity contribution in [3.05, 3.63) is 42.6 Å². The third-order valence-electron chi connectivity index (χ3n) is 2.70. The average molecular weight is 301 g/mol. The Bertz CT molecular complexity index is 891. The molecule has 9 heteroatoms. The lowest BCUT2D eigenvalue weighted by atomic mass is 10.4. The molecule has 8 nitrogen and oxygen atoms in total. The van der Waals surface area contributed by atoms with Crippen LogP contribution < -0.4 is 5.32 Å². The van der Waals surface area contributed by atoms with Crippen molar-refractivity contribution in [2.24, 2.45) is 0 Å². The second-order valence-electron chi connectivity index (χ2n) is 4.03. The van der Waals surface area contributed by atoms with Gasteiger partial charge in [0, 0.05) is 0 Å². The normalized spacial score (nSPS) is 11.0. The zero-order valence-electron chi connectivity index (χ0n) is 10.4. The predicted molar refractivity (Wildman–Crippen MR) is 73.0 cm³/mol. The van der Waals surface area contributed by atoms with Gasteiger partial charge in [-0.05, 0) is 24.3 Å². The Labute approximate surface area is 121 Å². The van der Waals surface area contributed by atoms with Crippen LogP contribution >= 0.6 is 11.3 Å². The van der Waals surface area contributed by atoms with E-state index in [4.69, 9.17) is 8.83 Å². The average Bonchev–Trinajstić information content (AvgIpc) is 3.23. The molecule has 0 aliphatic rings. The second kappa shape index (κ2) is 4.56. The van der Waals surface area contributed by atoms with Crippen molar-refractivity contribution in [1.82, 2.24) is 19.8 Å². The molecule has 4 rings (SSSR count). The van der Waals surface area contributed by atoms with E-state index in [0.717, 1.165) is 0 Å². The molecular weight excluding hydrogens is 294 g/mol. The summed E-state index contributed by atoms with van der Waals surface area (Å²) in [5.74, 6) is 0.873. The molecule has 4 aromatic heterocycles. The molecule has 0 aliphatic heterocycles. The van der Waals surface area contributed by atoms with Gasteiger partial charge < -0.3 is 8.83 Å². The molecule has 4 aromatic rings. The van der Waals surface area contributed by atoms with E-state index in [2.05, 4.69) is 20.6 Å². The van der Waals surface area contributed by atoms with Crippen LogP contribution in [0.5, 0.6) is 0 Å². The lowest BCUT2D eigenvalue weighted by molar-refractivity contribution is 0.0996. The highest BCUT2D eigenvalue weighted by Crippen LogP contribution is 2.24. The van der Waals surface area contributed by atoms with Crippen molar-refractivity contribution in [3.63, 3.8) is 0 Å². The molecule has 21 heavy (non-hydrogen) atoms. The van der Waals surface area contributed by atoms with Crippen LogP contribution in [0, 0.1) is 0 Å². The summed E-state index contributed by atoms with van der Waals surface area (Å²) in [6.07, 6.45) is 2.98. The highest BCUT2D eigenvalue weighted by atomic mass is 32.1. The van der Waals surface area contributed by atoms with Gasteiger partial charge in [-0.25, -0.2) is 0 Å². The number of nitrogens with zero attached hydrogens (tertiary/aromatic N) is 4. The highest BCUT2D eigenvalue weighted by molar-refractivity contribution is 7.20. The summed E-state index contributed by atoms with van der Waals surface area (Å²) >= 11 is 1.20. The standard InChI is InChI=1S/C12H7N5O3S/c18-10(8-4-2-6-20-8)13-11-16-17-9(7-3-1-5-19-7)14-15-12(17)21-11/h1-6H,(H,13,16,18). The molecule has 1 amide bonds. The molecule has 0 unspecified atom stereocenters. The molecule has 4 heterocycles. The minimum atomic E-state index is -0.371. The van der Waals surface area contributed by atoms with Crippen molar-refractivity contribution >= 4 is 27.3 Å². The molecule has 0 aromatic carbocycles. The van der Waals surface area contributed by atoms with Gasteiger partial charge in [-0.2, -0.15) is 4.52 Å². The smallest absolute Gasteiger partial charge is 0.293 e. The first-order valence-corrected chi connectivity index (χ1v) is 6.74. The molecule has 104 valence electrons. The Morgan fingerprint density at radius 1 is 1.19 bits per heavy atom. The van der Waals surface area contributed by atoms with Gasteiger partial charge in [0.15, 0.2) is 11.5 Å². The minimum Gasteiger partial charge on any atom is -0.461 e. The van der Waals surface area contributed by atoms with Gasteiger partial charge in [-0.1, -0.05) is 11.3 Å². The number of hydrogen-bond acceptors (Lipinski definition) is 7. The third-order valence-corrected chi connectivity index (χ3v) is 3.51. The summed E-state index contributed by atoms with van der Waals surface area (Å²) in [5.41, 5.74) is 0. The largest absolute Gasteiger partial charge is 0.461 e. The highest BCUT2D eigenvalue weighted by Gasteiger charge is 2.17. The SMILES string of the molecule is O=C(Nc1nn2c(-c3ccco3)nnc2s1)c1ccco1. The number of fused-ring (bicyclic) bond motifs is 1. The summed E-state index contributed by atoms with van der Waals surface area (Å²) in [4.78, 5) is 12.4. The van der Waals surface area contributed by atoms with E-state index in [1.54, 1.807) is 30.5 Å². The summed E-state index contributed by atoms with van der Waals surface area (Å²) in [5, 5.41) is 15.3. The van der Waals surface area contributed by atoms with E-state index in [0.29, 0.717) is 21.7 Å². The van der Waals surface area contributed by atoms with Crippen molar-refractivity contribution in [1.29, 1.82) is 0 Å². The van der Waals surface area contributed by atoms with Crippen molar-refractivity contribution in [2.45, 2.75) is 0 Å². The monoisotopic (exact) mass is 301 g/mol. The van der Waals surface area contributed by atoms with Gasteiger partial charge in [-0.15, -0.1) is 15.3 Å². The van der Waals surface area contributed by atoms with Crippen LogP contribution in [-0.2, 0) is 0 Å². The van der Waals surface area contributed by atoms with E-state index in [9.17, 15) is 4.79 Å². The Morgan fingerprint density at radius 2 is 2.05 bits per heavy atom. The molecule has 0 saturated carbocycles. The van der Waals surface area contributed by atoms with Gasteiger partial charge in [0.1, 0.15) is 0 Å². The first kappa shape index (κ1) is 11.9. The zero-order chi connectivity index (χ0) is 14.2. The Balaban J connectivity index is 1.67. The van der Waals surface area contributed by atoms with Crippen LogP contribution in [0.25, 0.3) is 16.5 Å². The van der Waals surface area contributed by atoms with E-state index < -0.39 is 0 Å². The Morgan fingerprint density at radius 3 is 2.81 bits per heavy atom. The summed E-state index contributed by atoms with van der Waals surface area (Å²) in [6, 6.07) is 6.73. The number of anilines is 1. The Hall–Kier alpha value is -2.94. The molecule has 0 atom stereocenters. The van der Waals surface area contributed by atoms with Gasteiger partial charge in [0.05, 0.1) is 12.5 Å². The molecule has 0 spiro atoms. The number of rotatable bonds is 3. The lowest BCUT2D eigenvalue weighted by Gasteiger charge is -1.96. The number of amides is 1. The topological polar surface area (TPSA) is 98.5 Å². The zero-order valence-corrected chi connectivity index (χ0v) is 11.2. The summed E-state index contributed by atoms with van der Waals surface area (Å²) in [7, 11) is 0. The number of carbonyl (C=O) groups excluding carboxylic acids is 1. The van der Waals surface area contributed by atoms with E-state index in [1.165, 1.54) is 22.1 Å². The first-order chi connectivity index (χ1) is 10.3. The van der Waals surface area contributed by atoms with Crippen LogP contribution in [-0.4, -0.2) is 25.7 Å².